The van der Waals surface area contributed by atoms with Crippen LogP contribution in [-0.4, -0.2) is 29.2 Å². The molecule has 1 heterocycles. The summed E-state index contributed by atoms with van der Waals surface area (Å²) >= 11 is 0. The van der Waals surface area contributed by atoms with E-state index in [0.717, 1.165) is 6.42 Å². The van der Waals surface area contributed by atoms with Gasteiger partial charge in [-0.25, -0.2) is 4.39 Å². The van der Waals surface area contributed by atoms with Crippen molar-refractivity contribution in [3.05, 3.63) is 42.2 Å². The van der Waals surface area contributed by atoms with Crippen molar-refractivity contribution in [1.29, 1.82) is 0 Å². The van der Waals surface area contributed by atoms with E-state index in [1.54, 1.807) is 0 Å². The Morgan fingerprint density at radius 2 is 1.62 bits per heavy atom. The maximum atomic E-state index is 12.9. The van der Waals surface area contributed by atoms with Crippen molar-refractivity contribution >= 4 is 23.4 Å². The van der Waals surface area contributed by atoms with E-state index in [1.807, 2.05) is 0 Å². The minimum atomic E-state index is -0.375. The number of imide groups is 1. The van der Waals surface area contributed by atoms with Gasteiger partial charge in [-0.05, 0) is 54.4 Å². The van der Waals surface area contributed by atoms with E-state index in [4.69, 9.17) is 0 Å². The van der Waals surface area contributed by atoms with Crippen LogP contribution < -0.4 is 5.32 Å². The van der Waals surface area contributed by atoms with Gasteiger partial charge in [-0.3, -0.25) is 19.3 Å². The lowest BCUT2D eigenvalue weighted by molar-refractivity contribution is -0.140. The number of amides is 3. The minimum absolute atomic E-state index is 0.0456. The van der Waals surface area contributed by atoms with Crippen molar-refractivity contribution in [2.24, 2.45) is 35.5 Å². The molecule has 1 aromatic carbocycles. The Morgan fingerprint density at radius 3 is 2.19 bits per heavy atom. The number of likely N-dealkylation sites (tertiary alicyclic amines) is 1. The second kappa shape index (κ2) is 5.50. The molecule has 0 spiro atoms. The fourth-order valence-corrected chi connectivity index (χ4v) is 5.21. The second-order valence-electron chi connectivity index (χ2n) is 7.79. The summed E-state index contributed by atoms with van der Waals surface area (Å²) < 4.78 is 12.9. The number of hydrogen-bond acceptors (Lipinski definition) is 3. The Kier molecular flexibility index (Phi) is 3.33. The molecule has 1 aromatic rings. The van der Waals surface area contributed by atoms with Crippen LogP contribution in [0.15, 0.2) is 36.4 Å². The first kappa shape index (κ1) is 15.7. The summed E-state index contributed by atoms with van der Waals surface area (Å²) in [5.74, 6) is 0.209. The molecule has 0 aromatic heterocycles. The average Bonchev–Trinajstić information content (AvgIpc) is 3.41. The highest BCUT2D eigenvalue weighted by atomic mass is 19.1. The molecule has 134 valence electrons. The Balaban J connectivity index is 1.24. The summed E-state index contributed by atoms with van der Waals surface area (Å²) in [6, 6.07) is 5.48. The third kappa shape index (κ3) is 2.24. The molecule has 6 atom stereocenters. The Morgan fingerprint density at radius 1 is 1.04 bits per heavy atom. The van der Waals surface area contributed by atoms with E-state index >= 15 is 0 Å². The van der Waals surface area contributed by atoms with Gasteiger partial charge in [0.2, 0.25) is 17.7 Å². The van der Waals surface area contributed by atoms with Gasteiger partial charge in [0.15, 0.2) is 0 Å². The van der Waals surface area contributed by atoms with Gasteiger partial charge in [0.1, 0.15) is 5.82 Å². The maximum Gasteiger partial charge on any atom is 0.233 e. The molecule has 0 unspecified atom stereocenters. The first-order chi connectivity index (χ1) is 12.5. The summed E-state index contributed by atoms with van der Waals surface area (Å²) in [5.41, 5.74) is 0.492. The van der Waals surface area contributed by atoms with E-state index in [-0.39, 0.29) is 60.2 Å². The number of carbonyl (C=O) groups is 3. The van der Waals surface area contributed by atoms with Crippen molar-refractivity contribution in [3.63, 3.8) is 0 Å². The van der Waals surface area contributed by atoms with Crippen LogP contribution in [0.1, 0.15) is 12.8 Å². The molecule has 2 saturated carbocycles. The number of rotatable bonds is 4. The van der Waals surface area contributed by atoms with Crippen LogP contribution in [0.5, 0.6) is 0 Å². The van der Waals surface area contributed by atoms with Crippen LogP contribution in [0.4, 0.5) is 10.1 Å². The third-order valence-corrected chi connectivity index (χ3v) is 6.44. The summed E-state index contributed by atoms with van der Waals surface area (Å²) in [4.78, 5) is 39.0. The normalized spacial score (nSPS) is 36.1. The van der Waals surface area contributed by atoms with Crippen LogP contribution in [0.3, 0.4) is 0 Å². The summed E-state index contributed by atoms with van der Waals surface area (Å²) in [5, 5.41) is 2.66. The zero-order chi connectivity index (χ0) is 18.0. The fraction of sp³-hybridized carbons (Fsp3) is 0.450. The van der Waals surface area contributed by atoms with E-state index in [0.29, 0.717) is 17.5 Å². The van der Waals surface area contributed by atoms with Crippen molar-refractivity contribution in [3.8, 4) is 0 Å². The Labute approximate surface area is 150 Å². The molecule has 5 aliphatic rings. The maximum absolute atomic E-state index is 12.9. The number of carbonyl (C=O) groups excluding carboxylic acids is 3. The SMILES string of the molecule is O=C(CCN1C(=O)[C@H]2[C@@H]3C=C[C@@H]([C@H]4C[C@H]34)[C@@H]2C1=O)Nc1ccc(F)cc1. The van der Waals surface area contributed by atoms with Gasteiger partial charge < -0.3 is 5.32 Å². The van der Waals surface area contributed by atoms with Crippen LogP contribution in [0.25, 0.3) is 0 Å². The number of benzene rings is 1. The van der Waals surface area contributed by atoms with Crippen molar-refractivity contribution in [2.75, 3.05) is 11.9 Å². The molecule has 0 radical (unpaired) electrons. The van der Waals surface area contributed by atoms with Gasteiger partial charge in [0.25, 0.3) is 0 Å². The van der Waals surface area contributed by atoms with E-state index in [2.05, 4.69) is 17.5 Å². The van der Waals surface area contributed by atoms with Gasteiger partial charge in [-0.15, -0.1) is 0 Å². The quantitative estimate of drug-likeness (QED) is 0.666. The number of halogens is 1. The molecule has 6 rings (SSSR count). The van der Waals surface area contributed by atoms with Gasteiger partial charge in [0, 0.05) is 18.7 Å². The predicted molar refractivity (Wildman–Crippen MR) is 91.1 cm³/mol. The number of hydrogen-bond donors (Lipinski definition) is 1. The molecule has 2 bridgehead atoms. The van der Waals surface area contributed by atoms with E-state index < -0.39 is 0 Å². The van der Waals surface area contributed by atoms with Gasteiger partial charge >= 0.3 is 0 Å². The van der Waals surface area contributed by atoms with E-state index in [9.17, 15) is 18.8 Å². The highest BCUT2D eigenvalue weighted by molar-refractivity contribution is 6.06. The topological polar surface area (TPSA) is 66.5 Å². The molecule has 3 amide bonds. The molecule has 1 N–H and O–H groups in total. The van der Waals surface area contributed by atoms with Gasteiger partial charge in [-0.1, -0.05) is 12.2 Å². The molecule has 1 aliphatic heterocycles. The predicted octanol–water partition coefficient (Wildman–Crippen LogP) is 2.21. The third-order valence-electron chi connectivity index (χ3n) is 6.44. The van der Waals surface area contributed by atoms with E-state index in [1.165, 1.54) is 29.2 Å². The lowest BCUT2D eigenvalue weighted by Crippen LogP contribution is -2.40. The van der Waals surface area contributed by atoms with Gasteiger partial charge in [0.05, 0.1) is 11.8 Å². The smallest absolute Gasteiger partial charge is 0.233 e. The number of allylic oxidation sites excluding steroid dienone is 2. The lowest BCUT2D eigenvalue weighted by atomic mass is 9.63. The molecule has 1 saturated heterocycles. The minimum Gasteiger partial charge on any atom is -0.326 e. The monoisotopic (exact) mass is 354 g/mol. The van der Waals surface area contributed by atoms with Crippen molar-refractivity contribution in [2.45, 2.75) is 12.8 Å². The summed E-state index contributed by atoms with van der Waals surface area (Å²) in [7, 11) is 0. The standard InChI is InChI=1S/C20H19FN2O3/c21-10-1-3-11(4-2-10)22-16(24)7-8-23-19(25)17-12-5-6-13(15-9-14(12)15)18(17)20(23)26/h1-6,12-15,17-18H,7-9H2,(H,22,24)/t12-,13+,14-,15-,17+,18+/m1/s1. The number of nitrogens with one attached hydrogen (secondary N) is 1. The lowest BCUT2D eigenvalue weighted by Gasteiger charge is -2.37. The molecular weight excluding hydrogens is 335 g/mol. The van der Waals surface area contributed by atoms with Crippen LogP contribution in [0.2, 0.25) is 0 Å². The largest absolute Gasteiger partial charge is 0.326 e. The fourth-order valence-electron chi connectivity index (χ4n) is 5.21. The average molecular weight is 354 g/mol. The number of anilines is 1. The zero-order valence-corrected chi connectivity index (χ0v) is 14.1. The highest BCUT2D eigenvalue weighted by Crippen LogP contribution is 2.65. The van der Waals surface area contributed by atoms with Gasteiger partial charge in [-0.2, -0.15) is 0 Å². The molecule has 4 aliphatic carbocycles. The highest BCUT2D eigenvalue weighted by Gasteiger charge is 2.66. The first-order valence-corrected chi connectivity index (χ1v) is 9.13. The van der Waals surface area contributed by atoms with Crippen LogP contribution in [-0.2, 0) is 14.4 Å². The summed E-state index contributed by atoms with van der Waals surface area (Å²) in [6.45, 7) is 0.104. The van der Waals surface area contributed by atoms with Crippen molar-refractivity contribution in [1.82, 2.24) is 4.90 Å². The Hall–Kier alpha value is -2.50. The molecule has 3 fully saturated rings. The zero-order valence-electron chi connectivity index (χ0n) is 14.1. The van der Waals surface area contributed by atoms with Crippen molar-refractivity contribution < 1.29 is 18.8 Å². The first-order valence-electron chi connectivity index (χ1n) is 9.13. The summed E-state index contributed by atoms with van der Waals surface area (Å²) in [6.07, 6.45) is 5.45. The molecule has 26 heavy (non-hydrogen) atoms. The van der Waals surface area contributed by atoms with Crippen LogP contribution >= 0.6 is 0 Å². The molecule has 6 heteroatoms. The van der Waals surface area contributed by atoms with Crippen LogP contribution in [0, 0.1) is 41.3 Å². The second-order valence-corrected chi connectivity index (χ2v) is 7.79. The Bertz CT molecular complexity index is 798. The molecule has 5 nitrogen and oxygen atoms in total. The number of nitrogens with zero attached hydrogens (tertiary/aromatic N) is 1. The molecular formula is C20H19FN2O3.